The van der Waals surface area contributed by atoms with Gasteiger partial charge in [0.1, 0.15) is 11.6 Å². The zero-order valence-electron chi connectivity index (χ0n) is 13.5. The quantitative estimate of drug-likeness (QED) is 0.607. The van der Waals surface area contributed by atoms with Crippen LogP contribution >= 0.6 is 0 Å². The maximum Gasteiger partial charge on any atom is 0.409 e. The summed E-state index contributed by atoms with van der Waals surface area (Å²) in [5.41, 5.74) is 0.0879. The van der Waals surface area contributed by atoms with Crippen molar-refractivity contribution < 1.29 is 14.3 Å². The number of amides is 2. The number of hydrogen-bond donors (Lipinski definition) is 1. The molecule has 0 radical (unpaired) electrons. The SMILES string of the molecule is CCOC(=O)N1CCN(/C=C(/C#N)C(=O)NC(C)CC)CC1. The lowest BCUT2D eigenvalue weighted by Gasteiger charge is -2.33. The van der Waals surface area contributed by atoms with Crippen molar-refractivity contribution in [2.24, 2.45) is 0 Å². The second-order valence-corrected chi connectivity index (χ2v) is 5.16. The van der Waals surface area contributed by atoms with Crippen molar-refractivity contribution in [1.82, 2.24) is 15.1 Å². The second-order valence-electron chi connectivity index (χ2n) is 5.16. The van der Waals surface area contributed by atoms with E-state index in [9.17, 15) is 9.59 Å². The van der Waals surface area contributed by atoms with Gasteiger partial charge in [-0.25, -0.2) is 4.79 Å². The molecular formula is C15H24N4O3. The van der Waals surface area contributed by atoms with E-state index in [4.69, 9.17) is 10.00 Å². The first-order valence-electron chi connectivity index (χ1n) is 7.60. The predicted molar refractivity (Wildman–Crippen MR) is 81.8 cm³/mol. The van der Waals surface area contributed by atoms with E-state index in [2.05, 4.69) is 5.32 Å². The van der Waals surface area contributed by atoms with Gasteiger partial charge >= 0.3 is 6.09 Å². The number of carbonyl (C=O) groups is 2. The van der Waals surface area contributed by atoms with Crippen LogP contribution in [0.5, 0.6) is 0 Å². The summed E-state index contributed by atoms with van der Waals surface area (Å²) in [7, 11) is 0. The van der Waals surface area contributed by atoms with E-state index in [-0.39, 0.29) is 23.6 Å². The molecule has 0 aromatic carbocycles. The molecule has 0 bridgehead atoms. The first-order chi connectivity index (χ1) is 10.5. The molecule has 0 saturated carbocycles. The summed E-state index contributed by atoms with van der Waals surface area (Å²) < 4.78 is 4.95. The van der Waals surface area contributed by atoms with Crippen LogP contribution in [-0.2, 0) is 9.53 Å². The van der Waals surface area contributed by atoms with Gasteiger partial charge in [-0.2, -0.15) is 5.26 Å². The first-order valence-corrected chi connectivity index (χ1v) is 7.60. The summed E-state index contributed by atoms with van der Waals surface area (Å²) in [6.45, 7) is 8.16. The van der Waals surface area contributed by atoms with E-state index in [0.29, 0.717) is 32.8 Å². The highest BCUT2D eigenvalue weighted by molar-refractivity contribution is 5.97. The monoisotopic (exact) mass is 308 g/mol. The maximum atomic E-state index is 12.0. The smallest absolute Gasteiger partial charge is 0.409 e. The van der Waals surface area contributed by atoms with Gasteiger partial charge in [-0.3, -0.25) is 4.79 Å². The normalized spacial score (nSPS) is 16.7. The average molecular weight is 308 g/mol. The molecule has 1 atom stereocenters. The van der Waals surface area contributed by atoms with Crippen LogP contribution in [0.15, 0.2) is 11.8 Å². The van der Waals surface area contributed by atoms with Gasteiger partial charge < -0.3 is 19.9 Å². The lowest BCUT2D eigenvalue weighted by Crippen LogP contribution is -2.47. The number of piperazine rings is 1. The third-order valence-electron chi connectivity index (χ3n) is 3.51. The average Bonchev–Trinajstić information content (AvgIpc) is 2.53. The number of rotatable bonds is 5. The van der Waals surface area contributed by atoms with Gasteiger partial charge in [0.25, 0.3) is 5.91 Å². The number of ether oxygens (including phenoxy) is 1. The Morgan fingerprint density at radius 1 is 1.32 bits per heavy atom. The highest BCUT2D eigenvalue weighted by Crippen LogP contribution is 2.07. The van der Waals surface area contributed by atoms with Crippen molar-refractivity contribution in [2.75, 3.05) is 32.8 Å². The minimum absolute atomic E-state index is 0.0323. The first kappa shape index (κ1) is 17.8. The Bertz CT molecular complexity index is 462. The summed E-state index contributed by atoms with van der Waals surface area (Å²) in [4.78, 5) is 27.1. The lowest BCUT2D eigenvalue weighted by molar-refractivity contribution is -0.117. The molecule has 1 fully saturated rings. The Morgan fingerprint density at radius 3 is 2.45 bits per heavy atom. The van der Waals surface area contributed by atoms with Crippen molar-refractivity contribution in [3.63, 3.8) is 0 Å². The molecule has 1 rings (SSSR count). The Morgan fingerprint density at radius 2 is 1.95 bits per heavy atom. The predicted octanol–water partition coefficient (Wildman–Crippen LogP) is 1.08. The number of carbonyl (C=O) groups excluding carboxylic acids is 2. The summed E-state index contributed by atoms with van der Waals surface area (Å²) in [6, 6.07) is 1.97. The second kappa shape index (κ2) is 8.93. The fourth-order valence-corrected chi connectivity index (χ4v) is 1.97. The highest BCUT2D eigenvalue weighted by atomic mass is 16.6. The van der Waals surface area contributed by atoms with Crippen LogP contribution in [0.25, 0.3) is 0 Å². The molecule has 0 aromatic rings. The number of hydrogen-bond acceptors (Lipinski definition) is 5. The minimum atomic E-state index is -0.357. The third-order valence-corrected chi connectivity index (χ3v) is 3.51. The van der Waals surface area contributed by atoms with E-state index < -0.39 is 0 Å². The standard InChI is InChI=1S/C15H24N4O3/c1-4-12(3)17-14(20)13(10-16)11-18-6-8-19(9-7-18)15(21)22-5-2/h11-12H,4-9H2,1-3H3,(H,17,20)/b13-11-. The molecule has 2 amide bonds. The van der Waals surface area contributed by atoms with Crippen LogP contribution in [0.1, 0.15) is 27.2 Å². The van der Waals surface area contributed by atoms with Crippen molar-refractivity contribution in [1.29, 1.82) is 5.26 Å². The van der Waals surface area contributed by atoms with Crippen LogP contribution < -0.4 is 5.32 Å². The molecule has 0 aliphatic carbocycles. The molecule has 1 aliphatic heterocycles. The molecule has 22 heavy (non-hydrogen) atoms. The van der Waals surface area contributed by atoms with Gasteiger partial charge in [-0.15, -0.1) is 0 Å². The van der Waals surface area contributed by atoms with Gasteiger partial charge in [0.15, 0.2) is 0 Å². The zero-order chi connectivity index (χ0) is 16.5. The van der Waals surface area contributed by atoms with Gasteiger partial charge in [0.05, 0.1) is 6.61 Å². The van der Waals surface area contributed by atoms with Crippen LogP contribution in [0.4, 0.5) is 4.79 Å². The Hall–Kier alpha value is -2.23. The van der Waals surface area contributed by atoms with E-state index >= 15 is 0 Å². The molecule has 1 heterocycles. The summed E-state index contributed by atoms with van der Waals surface area (Å²) in [5.74, 6) is -0.357. The number of nitriles is 1. The van der Waals surface area contributed by atoms with Crippen LogP contribution in [0, 0.1) is 11.3 Å². The van der Waals surface area contributed by atoms with E-state index in [1.165, 1.54) is 0 Å². The highest BCUT2D eigenvalue weighted by Gasteiger charge is 2.21. The third kappa shape index (κ3) is 5.28. The Balaban J connectivity index is 2.57. The molecule has 1 aliphatic rings. The fourth-order valence-electron chi connectivity index (χ4n) is 1.97. The Labute approximate surface area is 131 Å². The molecule has 0 spiro atoms. The van der Waals surface area contributed by atoms with Crippen molar-refractivity contribution in [3.8, 4) is 6.07 Å². The van der Waals surface area contributed by atoms with Crippen molar-refractivity contribution in [3.05, 3.63) is 11.8 Å². The van der Waals surface area contributed by atoms with Crippen LogP contribution in [0.3, 0.4) is 0 Å². The molecule has 1 N–H and O–H groups in total. The van der Waals surface area contributed by atoms with Gasteiger partial charge in [-0.05, 0) is 20.3 Å². The molecule has 122 valence electrons. The van der Waals surface area contributed by atoms with E-state index in [1.54, 1.807) is 18.0 Å². The van der Waals surface area contributed by atoms with E-state index in [0.717, 1.165) is 6.42 Å². The lowest BCUT2D eigenvalue weighted by atomic mass is 10.2. The largest absolute Gasteiger partial charge is 0.450 e. The molecule has 1 unspecified atom stereocenters. The molecule has 0 aromatic heterocycles. The summed E-state index contributed by atoms with van der Waals surface area (Å²) in [5, 5.41) is 11.9. The van der Waals surface area contributed by atoms with Gasteiger partial charge in [0.2, 0.25) is 0 Å². The molecule has 7 nitrogen and oxygen atoms in total. The molecule has 7 heteroatoms. The number of nitrogens with one attached hydrogen (secondary N) is 1. The molecular weight excluding hydrogens is 284 g/mol. The van der Waals surface area contributed by atoms with E-state index in [1.807, 2.05) is 24.8 Å². The van der Waals surface area contributed by atoms with Gasteiger partial charge in [-0.1, -0.05) is 6.92 Å². The van der Waals surface area contributed by atoms with Crippen LogP contribution in [0.2, 0.25) is 0 Å². The van der Waals surface area contributed by atoms with Crippen molar-refractivity contribution >= 4 is 12.0 Å². The summed E-state index contributed by atoms with van der Waals surface area (Å²) >= 11 is 0. The fraction of sp³-hybridized carbons (Fsp3) is 0.667. The minimum Gasteiger partial charge on any atom is -0.450 e. The summed E-state index contributed by atoms with van der Waals surface area (Å²) in [6.07, 6.45) is 2.06. The molecule has 1 saturated heterocycles. The maximum absolute atomic E-state index is 12.0. The Kier molecular flexibility index (Phi) is 7.23. The van der Waals surface area contributed by atoms with Crippen molar-refractivity contribution in [2.45, 2.75) is 33.2 Å². The zero-order valence-corrected chi connectivity index (χ0v) is 13.5. The van der Waals surface area contributed by atoms with Gasteiger partial charge in [0, 0.05) is 38.4 Å². The van der Waals surface area contributed by atoms with Crippen LogP contribution in [-0.4, -0.2) is 60.6 Å². The topological polar surface area (TPSA) is 85.7 Å². The number of nitrogens with zero attached hydrogens (tertiary/aromatic N) is 3.